The van der Waals surface area contributed by atoms with E-state index in [4.69, 9.17) is 5.73 Å². The summed E-state index contributed by atoms with van der Waals surface area (Å²) in [7, 11) is 0. The third-order valence-corrected chi connectivity index (χ3v) is 4.55. The molecule has 0 radical (unpaired) electrons. The predicted octanol–water partition coefficient (Wildman–Crippen LogP) is 3.20. The summed E-state index contributed by atoms with van der Waals surface area (Å²) in [5, 5.41) is 0.840. The summed E-state index contributed by atoms with van der Waals surface area (Å²) < 4.78 is 16.8. The SMILES string of the molecule is Nc1ncnc2c1c(I)cn2Cc1cnc(-c2ccccc2F)[nH]1. The van der Waals surface area contributed by atoms with Crippen LogP contribution in [0.5, 0.6) is 0 Å². The van der Waals surface area contributed by atoms with Gasteiger partial charge in [0.25, 0.3) is 0 Å². The van der Waals surface area contributed by atoms with Crippen molar-refractivity contribution >= 4 is 39.4 Å². The molecule has 0 amide bonds. The Labute approximate surface area is 150 Å². The molecule has 3 N–H and O–H groups in total. The monoisotopic (exact) mass is 434 g/mol. The number of nitrogens with two attached hydrogens (primary N) is 1. The number of fused-ring (bicyclic) bond motifs is 1. The molecule has 0 bridgehead atoms. The Morgan fingerprint density at radius 1 is 1.21 bits per heavy atom. The molecule has 1 aromatic carbocycles. The first-order chi connectivity index (χ1) is 11.6. The number of hydrogen-bond acceptors (Lipinski definition) is 4. The molecule has 3 heterocycles. The molecule has 3 aromatic heterocycles. The highest BCUT2D eigenvalue weighted by molar-refractivity contribution is 14.1. The van der Waals surface area contributed by atoms with Crippen molar-refractivity contribution in [1.82, 2.24) is 24.5 Å². The molecule has 6 nitrogen and oxygen atoms in total. The van der Waals surface area contributed by atoms with Gasteiger partial charge in [-0.25, -0.2) is 19.3 Å². The Kier molecular flexibility index (Phi) is 3.68. The van der Waals surface area contributed by atoms with Gasteiger partial charge in [-0.3, -0.25) is 0 Å². The molecule has 4 aromatic rings. The van der Waals surface area contributed by atoms with Crippen LogP contribution in [0, 0.1) is 9.39 Å². The highest BCUT2D eigenvalue weighted by Gasteiger charge is 2.13. The smallest absolute Gasteiger partial charge is 0.146 e. The Morgan fingerprint density at radius 3 is 2.88 bits per heavy atom. The second-order valence-electron chi connectivity index (χ2n) is 5.30. The Morgan fingerprint density at radius 2 is 2.04 bits per heavy atom. The molecule has 120 valence electrons. The first-order valence-corrected chi connectivity index (χ1v) is 8.25. The van der Waals surface area contributed by atoms with Crippen LogP contribution in [0.2, 0.25) is 0 Å². The minimum absolute atomic E-state index is 0.306. The average Bonchev–Trinajstić information content (AvgIpc) is 3.14. The van der Waals surface area contributed by atoms with E-state index < -0.39 is 0 Å². The van der Waals surface area contributed by atoms with Gasteiger partial charge in [-0.05, 0) is 34.7 Å². The first-order valence-electron chi connectivity index (χ1n) is 7.17. The van der Waals surface area contributed by atoms with E-state index in [1.165, 1.54) is 12.4 Å². The van der Waals surface area contributed by atoms with Crippen LogP contribution in [-0.4, -0.2) is 24.5 Å². The van der Waals surface area contributed by atoms with Crippen molar-refractivity contribution in [2.75, 3.05) is 5.73 Å². The number of aromatic amines is 1. The van der Waals surface area contributed by atoms with Gasteiger partial charge in [0.05, 0.1) is 29.4 Å². The number of nitrogen functional groups attached to an aromatic ring is 1. The summed E-state index contributed by atoms with van der Waals surface area (Å²) in [6.45, 7) is 0.525. The van der Waals surface area contributed by atoms with E-state index in [-0.39, 0.29) is 5.82 Å². The fourth-order valence-corrected chi connectivity index (χ4v) is 3.49. The zero-order valence-corrected chi connectivity index (χ0v) is 14.5. The van der Waals surface area contributed by atoms with Gasteiger partial charge >= 0.3 is 0 Å². The van der Waals surface area contributed by atoms with Crippen LogP contribution < -0.4 is 5.73 Å². The number of H-pyrrole nitrogens is 1. The van der Waals surface area contributed by atoms with Gasteiger partial charge in [-0.1, -0.05) is 12.1 Å². The average molecular weight is 434 g/mol. The van der Waals surface area contributed by atoms with E-state index in [0.717, 1.165) is 20.3 Å². The molecular formula is C16H12FIN6. The summed E-state index contributed by atoms with van der Waals surface area (Å²) in [6, 6.07) is 6.54. The minimum Gasteiger partial charge on any atom is -0.383 e. The number of rotatable bonds is 3. The lowest BCUT2D eigenvalue weighted by molar-refractivity contribution is 0.630. The Hall–Kier alpha value is -2.49. The van der Waals surface area contributed by atoms with E-state index in [9.17, 15) is 4.39 Å². The Balaban J connectivity index is 1.70. The topological polar surface area (TPSA) is 85.4 Å². The second-order valence-corrected chi connectivity index (χ2v) is 6.46. The van der Waals surface area contributed by atoms with Crippen LogP contribution in [0.1, 0.15) is 5.69 Å². The van der Waals surface area contributed by atoms with E-state index in [1.54, 1.807) is 24.4 Å². The zero-order valence-electron chi connectivity index (χ0n) is 12.4. The number of aromatic nitrogens is 5. The van der Waals surface area contributed by atoms with Crippen molar-refractivity contribution in [1.29, 1.82) is 0 Å². The number of imidazole rings is 1. The molecule has 0 aliphatic heterocycles. The number of halogens is 2. The summed E-state index contributed by atoms with van der Waals surface area (Å²) in [4.78, 5) is 15.8. The van der Waals surface area contributed by atoms with Gasteiger partial charge < -0.3 is 15.3 Å². The number of nitrogens with zero attached hydrogens (tertiary/aromatic N) is 4. The molecule has 0 saturated carbocycles. The predicted molar refractivity (Wildman–Crippen MR) is 97.7 cm³/mol. The molecule has 0 spiro atoms. The van der Waals surface area contributed by atoms with Crippen molar-refractivity contribution in [3.63, 3.8) is 0 Å². The van der Waals surface area contributed by atoms with Crippen LogP contribution >= 0.6 is 22.6 Å². The molecule has 0 unspecified atom stereocenters. The van der Waals surface area contributed by atoms with Crippen molar-refractivity contribution < 1.29 is 4.39 Å². The van der Waals surface area contributed by atoms with Crippen LogP contribution in [0.15, 0.2) is 43.0 Å². The number of benzene rings is 1. The van der Waals surface area contributed by atoms with Crippen molar-refractivity contribution in [2.24, 2.45) is 0 Å². The third kappa shape index (κ3) is 2.52. The Bertz CT molecular complexity index is 1040. The molecule has 4 rings (SSSR count). The van der Waals surface area contributed by atoms with Gasteiger partial charge in [-0.2, -0.15) is 0 Å². The first kappa shape index (κ1) is 15.1. The number of anilines is 1. The van der Waals surface area contributed by atoms with Crippen LogP contribution in [-0.2, 0) is 6.54 Å². The van der Waals surface area contributed by atoms with Crippen LogP contribution in [0.4, 0.5) is 10.2 Å². The lowest BCUT2D eigenvalue weighted by atomic mass is 10.2. The molecule has 0 aliphatic carbocycles. The maximum absolute atomic E-state index is 13.9. The maximum Gasteiger partial charge on any atom is 0.146 e. The standard InChI is InChI=1S/C16H12FIN6/c17-11-4-2-1-3-10(11)15-20-5-9(23-15)6-24-7-12(18)13-14(19)21-8-22-16(13)24/h1-5,7-8H,6H2,(H,20,23)(H2,19,21,22). The van der Waals surface area contributed by atoms with Gasteiger partial charge in [-0.15, -0.1) is 0 Å². The fraction of sp³-hybridized carbons (Fsp3) is 0.0625. The van der Waals surface area contributed by atoms with E-state index in [0.29, 0.717) is 23.8 Å². The molecule has 8 heteroatoms. The largest absolute Gasteiger partial charge is 0.383 e. The van der Waals surface area contributed by atoms with Gasteiger partial charge in [0.2, 0.25) is 0 Å². The quantitative estimate of drug-likeness (QED) is 0.485. The highest BCUT2D eigenvalue weighted by atomic mass is 127. The lowest BCUT2D eigenvalue weighted by Gasteiger charge is -2.03. The normalized spacial score (nSPS) is 11.2. The van der Waals surface area contributed by atoms with E-state index in [2.05, 4.69) is 42.5 Å². The number of nitrogens with one attached hydrogen (secondary N) is 1. The zero-order chi connectivity index (χ0) is 16.7. The van der Waals surface area contributed by atoms with Gasteiger partial charge in [0.15, 0.2) is 0 Å². The summed E-state index contributed by atoms with van der Waals surface area (Å²) in [5.74, 6) is 0.656. The summed E-state index contributed by atoms with van der Waals surface area (Å²) in [5.41, 5.74) is 7.98. The van der Waals surface area contributed by atoms with Crippen molar-refractivity contribution in [2.45, 2.75) is 6.54 Å². The minimum atomic E-state index is -0.306. The fourth-order valence-electron chi connectivity index (χ4n) is 2.63. The van der Waals surface area contributed by atoms with E-state index >= 15 is 0 Å². The maximum atomic E-state index is 13.9. The van der Waals surface area contributed by atoms with Crippen molar-refractivity contribution in [3.8, 4) is 11.4 Å². The number of hydrogen-bond donors (Lipinski definition) is 2. The lowest BCUT2D eigenvalue weighted by Crippen LogP contribution is -2.01. The van der Waals surface area contributed by atoms with Crippen LogP contribution in [0.3, 0.4) is 0 Å². The van der Waals surface area contributed by atoms with Gasteiger partial charge in [0, 0.05) is 9.77 Å². The van der Waals surface area contributed by atoms with Crippen LogP contribution in [0.25, 0.3) is 22.4 Å². The summed E-state index contributed by atoms with van der Waals surface area (Å²) in [6.07, 6.45) is 5.10. The molecule has 0 aliphatic rings. The molecular weight excluding hydrogens is 422 g/mol. The third-order valence-electron chi connectivity index (χ3n) is 3.73. The molecule has 24 heavy (non-hydrogen) atoms. The van der Waals surface area contributed by atoms with Crippen molar-refractivity contribution in [3.05, 3.63) is 58.1 Å². The molecule has 0 saturated heterocycles. The molecule has 0 atom stereocenters. The second kappa shape index (κ2) is 5.86. The summed E-state index contributed by atoms with van der Waals surface area (Å²) >= 11 is 2.21. The van der Waals surface area contributed by atoms with Gasteiger partial charge in [0.1, 0.15) is 29.4 Å². The molecule has 0 fully saturated rings. The van der Waals surface area contributed by atoms with E-state index in [1.807, 2.05) is 10.8 Å². The highest BCUT2D eigenvalue weighted by Crippen LogP contribution is 2.26.